The Kier molecular flexibility index (Phi) is 6.10. The summed E-state index contributed by atoms with van der Waals surface area (Å²) in [5.41, 5.74) is 10.4. The van der Waals surface area contributed by atoms with Gasteiger partial charge in [0.05, 0.1) is 13.3 Å². The maximum atomic E-state index is 12.8. The van der Waals surface area contributed by atoms with Crippen LogP contribution in [-0.4, -0.2) is 43.7 Å². The summed E-state index contributed by atoms with van der Waals surface area (Å²) in [5, 5.41) is 19.4. The zero-order chi connectivity index (χ0) is 21.1. The van der Waals surface area contributed by atoms with Gasteiger partial charge in [0.1, 0.15) is 5.69 Å². The molecule has 0 saturated heterocycles. The minimum Gasteiger partial charge on any atom is -0.378 e. The number of hydrogen-bond donors (Lipinski definition) is 2. The minimum atomic E-state index is -0.526. The second kappa shape index (κ2) is 8.93. The van der Waals surface area contributed by atoms with E-state index in [-0.39, 0.29) is 17.3 Å². The zero-order valence-electron chi connectivity index (χ0n) is 15.3. The Balaban J connectivity index is 1.67. The summed E-state index contributed by atoms with van der Waals surface area (Å²) in [7, 11) is 0. The molecule has 4 aromatic rings. The molecule has 0 aliphatic rings. The van der Waals surface area contributed by atoms with Crippen molar-refractivity contribution in [1.29, 1.82) is 0 Å². The number of thioether (sulfide) groups is 1. The molecule has 30 heavy (non-hydrogen) atoms. The Labute approximate surface area is 192 Å². The van der Waals surface area contributed by atoms with E-state index in [1.165, 1.54) is 4.68 Å². The fourth-order valence-corrected chi connectivity index (χ4v) is 5.58. The molecule has 0 saturated carbocycles. The van der Waals surface area contributed by atoms with Gasteiger partial charge in [-0.25, -0.2) is 10.1 Å². The van der Waals surface area contributed by atoms with Crippen molar-refractivity contribution in [3.8, 4) is 17.1 Å². The molecular formula is C17H13IN8O2S2. The van der Waals surface area contributed by atoms with Gasteiger partial charge in [-0.15, -0.1) is 28.2 Å². The summed E-state index contributed by atoms with van der Waals surface area (Å²) >= 11 is 5.54. The molecule has 3 aromatic heterocycles. The van der Waals surface area contributed by atoms with E-state index >= 15 is 0 Å². The highest BCUT2D eigenvalue weighted by molar-refractivity contribution is 14.1. The van der Waals surface area contributed by atoms with E-state index in [0.29, 0.717) is 11.3 Å². The summed E-state index contributed by atoms with van der Waals surface area (Å²) in [6, 6.07) is 11.2. The van der Waals surface area contributed by atoms with E-state index in [2.05, 4.69) is 58.4 Å². The molecular weight excluding hydrogens is 539 g/mol. The maximum absolute atomic E-state index is 12.8. The zero-order valence-corrected chi connectivity index (χ0v) is 19.1. The number of anilines is 1. The van der Waals surface area contributed by atoms with Crippen LogP contribution in [0.2, 0.25) is 0 Å². The number of thiophene rings is 1. The number of amides is 1. The van der Waals surface area contributed by atoms with Gasteiger partial charge in [-0.3, -0.25) is 4.79 Å². The van der Waals surface area contributed by atoms with E-state index in [1.54, 1.807) is 29.3 Å². The van der Waals surface area contributed by atoms with Crippen molar-refractivity contribution in [2.24, 2.45) is 5.10 Å². The molecule has 1 amide bonds. The fraction of sp³-hybridized carbons (Fsp3) is 0.0588. The highest BCUT2D eigenvalue weighted by Crippen LogP contribution is 2.30. The van der Waals surface area contributed by atoms with Crippen molar-refractivity contribution in [3.63, 3.8) is 0 Å². The van der Waals surface area contributed by atoms with Gasteiger partial charge in [0.15, 0.2) is 5.69 Å². The van der Waals surface area contributed by atoms with Crippen LogP contribution in [0.1, 0.15) is 16.1 Å². The van der Waals surface area contributed by atoms with Crippen LogP contribution in [0.3, 0.4) is 0 Å². The average molecular weight is 552 g/mol. The van der Waals surface area contributed by atoms with Crippen LogP contribution in [0.15, 0.2) is 50.3 Å². The Morgan fingerprint density at radius 1 is 1.37 bits per heavy atom. The molecule has 0 spiro atoms. The average Bonchev–Trinajstić information content (AvgIpc) is 3.46. The summed E-state index contributed by atoms with van der Waals surface area (Å²) in [5.74, 6) is -0.359. The van der Waals surface area contributed by atoms with Crippen LogP contribution in [0.5, 0.6) is 0 Å². The third kappa shape index (κ3) is 4.08. The van der Waals surface area contributed by atoms with Crippen LogP contribution in [0, 0.1) is 2.88 Å². The van der Waals surface area contributed by atoms with Gasteiger partial charge < -0.3 is 5.73 Å². The van der Waals surface area contributed by atoms with Crippen LogP contribution >= 0.6 is 45.7 Å². The van der Waals surface area contributed by atoms with Crippen molar-refractivity contribution in [1.82, 2.24) is 30.7 Å². The van der Waals surface area contributed by atoms with Crippen molar-refractivity contribution >= 4 is 63.6 Å². The van der Waals surface area contributed by atoms with Crippen LogP contribution in [0.4, 0.5) is 5.82 Å². The number of hydrogen-bond acceptors (Lipinski definition) is 10. The number of hydrazone groups is 1. The van der Waals surface area contributed by atoms with Crippen LogP contribution in [-0.2, 0) is 0 Å². The van der Waals surface area contributed by atoms with Crippen molar-refractivity contribution in [2.45, 2.75) is 4.21 Å². The Bertz CT molecular complexity index is 1220. The number of benzene rings is 1. The van der Waals surface area contributed by atoms with Gasteiger partial charge in [0, 0.05) is 11.1 Å². The maximum Gasteiger partial charge on any atom is 0.294 e. The van der Waals surface area contributed by atoms with E-state index < -0.39 is 5.91 Å². The molecule has 152 valence electrons. The highest BCUT2D eigenvalue weighted by atomic mass is 127. The van der Waals surface area contributed by atoms with E-state index in [0.717, 1.165) is 12.7 Å². The van der Waals surface area contributed by atoms with Gasteiger partial charge >= 0.3 is 0 Å². The minimum absolute atomic E-state index is 0.0266. The number of nitrogens with one attached hydrogen (secondary N) is 1. The Morgan fingerprint density at radius 2 is 2.17 bits per heavy atom. The van der Waals surface area contributed by atoms with Crippen LogP contribution < -0.4 is 11.2 Å². The third-order valence-electron chi connectivity index (χ3n) is 3.88. The molecule has 13 heteroatoms. The van der Waals surface area contributed by atoms with Gasteiger partial charge in [0.25, 0.3) is 5.91 Å². The smallest absolute Gasteiger partial charge is 0.294 e. The summed E-state index contributed by atoms with van der Waals surface area (Å²) < 4.78 is 8.22. The number of nitrogen functional groups attached to an aromatic ring is 1. The fourth-order valence-electron chi connectivity index (χ4n) is 2.60. The summed E-state index contributed by atoms with van der Waals surface area (Å²) in [6.45, 7) is 0. The van der Waals surface area contributed by atoms with Crippen molar-refractivity contribution in [2.75, 3.05) is 12.0 Å². The quantitative estimate of drug-likeness (QED) is 0.161. The molecule has 3 N–H and O–H groups in total. The molecule has 0 unspecified atom stereocenters. The standard InChI is InChI=1S/C17H13IN8O2S2/c1-29-17-10(7-11(18)30-17)8-20-22-16(27)12-13(9-5-3-2-4-6-9)26(25-21-12)15-14(19)23-28-24-15/h2-8H,1H3,(H2,19,23)(H,22,27)/b20-8-. The third-order valence-corrected chi connectivity index (χ3v) is 6.94. The lowest BCUT2D eigenvalue weighted by Crippen LogP contribution is -2.19. The molecule has 1 aromatic carbocycles. The molecule has 10 nitrogen and oxygen atoms in total. The largest absolute Gasteiger partial charge is 0.378 e. The molecule has 0 aliphatic heterocycles. The molecule has 0 radical (unpaired) electrons. The predicted octanol–water partition coefficient (Wildman–Crippen LogP) is 3.05. The van der Waals surface area contributed by atoms with E-state index in [9.17, 15) is 4.79 Å². The van der Waals surface area contributed by atoms with E-state index in [4.69, 9.17) is 5.73 Å². The monoisotopic (exact) mass is 552 g/mol. The van der Waals surface area contributed by atoms with Gasteiger partial charge in [-0.05, 0) is 45.2 Å². The highest BCUT2D eigenvalue weighted by Gasteiger charge is 2.25. The first-order valence-corrected chi connectivity index (χ1v) is 11.5. The number of nitrogens with two attached hydrogens (primary N) is 1. The van der Waals surface area contributed by atoms with Crippen molar-refractivity contribution in [3.05, 3.63) is 50.5 Å². The Morgan fingerprint density at radius 3 is 2.87 bits per heavy atom. The van der Waals surface area contributed by atoms with Crippen LogP contribution in [0.25, 0.3) is 17.1 Å². The summed E-state index contributed by atoms with van der Waals surface area (Å²) in [6.07, 6.45) is 3.60. The Hall–Kier alpha value is -2.78. The summed E-state index contributed by atoms with van der Waals surface area (Å²) in [4.78, 5) is 12.8. The SMILES string of the molecule is CSc1sc(I)cc1/C=N\NC(=O)c1nnn(-c2nonc2N)c1-c1ccccc1. The first kappa shape index (κ1) is 20.5. The lowest BCUT2D eigenvalue weighted by atomic mass is 10.1. The number of carbonyl (C=O) groups is 1. The predicted molar refractivity (Wildman–Crippen MR) is 123 cm³/mol. The first-order chi connectivity index (χ1) is 14.6. The number of nitrogens with zero attached hydrogens (tertiary/aromatic N) is 6. The second-order valence-electron chi connectivity index (χ2n) is 5.73. The topological polar surface area (TPSA) is 137 Å². The number of halogens is 1. The number of carbonyl (C=O) groups excluding carboxylic acids is 1. The first-order valence-electron chi connectivity index (χ1n) is 8.34. The van der Waals surface area contributed by atoms with E-state index in [1.807, 2.05) is 42.7 Å². The van der Waals surface area contributed by atoms with Crippen molar-refractivity contribution < 1.29 is 9.42 Å². The van der Waals surface area contributed by atoms with Gasteiger partial charge in [-0.2, -0.15) is 9.78 Å². The number of rotatable bonds is 6. The number of aromatic nitrogens is 5. The second-order valence-corrected chi connectivity index (χ2v) is 9.76. The molecule has 0 fully saturated rings. The lowest BCUT2D eigenvalue weighted by molar-refractivity contribution is 0.0950. The van der Waals surface area contributed by atoms with Gasteiger partial charge in [-0.1, -0.05) is 35.5 Å². The molecule has 0 bridgehead atoms. The van der Waals surface area contributed by atoms with Gasteiger partial charge in [0.2, 0.25) is 11.6 Å². The molecule has 4 rings (SSSR count). The molecule has 3 heterocycles. The normalized spacial score (nSPS) is 11.3. The molecule has 0 aliphatic carbocycles. The molecule has 0 atom stereocenters. The lowest BCUT2D eigenvalue weighted by Gasteiger charge is -2.05.